The molecule has 0 radical (unpaired) electrons. The zero-order chi connectivity index (χ0) is 12.8. The molecule has 1 atom stereocenters. The van der Waals surface area contributed by atoms with E-state index < -0.39 is 5.97 Å². The Morgan fingerprint density at radius 3 is 2.44 bits per heavy atom. The summed E-state index contributed by atoms with van der Waals surface area (Å²) in [5.41, 5.74) is 2.03. The van der Waals surface area contributed by atoms with E-state index in [0.29, 0.717) is 6.42 Å². The van der Waals surface area contributed by atoms with Crippen molar-refractivity contribution in [3.63, 3.8) is 0 Å². The van der Waals surface area contributed by atoms with E-state index >= 15 is 0 Å². The first kappa shape index (κ1) is 12.3. The minimum atomic E-state index is -0.771. The maximum absolute atomic E-state index is 10.7. The Kier molecular flexibility index (Phi) is 4.07. The van der Waals surface area contributed by atoms with Crippen molar-refractivity contribution in [1.29, 1.82) is 0 Å². The Balaban J connectivity index is 2.26. The van der Waals surface area contributed by atoms with E-state index in [1.807, 2.05) is 48.5 Å². The van der Waals surface area contributed by atoms with E-state index in [0.717, 1.165) is 11.3 Å². The van der Waals surface area contributed by atoms with Crippen LogP contribution in [-0.2, 0) is 4.79 Å². The topological polar surface area (TPSA) is 50.2 Å². The number of rotatable bonds is 5. The average molecular weight is 241 g/mol. The lowest BCUT2D eigenvalue weighted by Crippen LogP contribution is -2.06. The molecule has 1 N–H and O–H groups in total. The third-order valence-electron chi connectivity index (χ3n) is 2.89. The molecule has 3 nitrogen and oxygen atoms in total. The predicted octanol–water partition coefficient (Wildman–Crippen LogP) is 3.08. The second kappa shape index (κ2) is 5.96. The van der Waals surface area contributed by atoms with Crippen molar-refractivity contribution in [2.75, 3.05) is 0 Å². The highest BCUT2D eigenvalue weighted by Gasteiger charge is 2.16. The van der Waals surface area contributed by atoms with Gasteiger partial charge < -0.3 is 5.11 Å². The Bertz CT molecular complexity index is 457. The van der Waals surface area contributed by atoms with Crippen LogP contribution in [0.3, 0.4) is 0 Å². The van der Waals surface area contributed by atoms with Gasteiger partial charge in [-0.15, -0.1) is 0 Å². The number of carboxylic acid groups (broad SMARTS) is 1. The fraction of sp³-hybridized carbons (Fsp3) is 0.200. The summed E-state index contributed by atoms with van der Waals surface area (Å²) in [4.78, 5) is 15.1. The Morgan fingerprint density at radius 1 is 1.11 bits per heavy atom. The molecule has 0 fully saturated rings. The molecular formula is C15H15NO2. The van der Waals surface area contributed by atoms with Gasteiger partial charge in [-0.05, 0) is 24.1 Å². The van der Waals surface area contributed by atoms with Crippen LogP contribution in [-0.4, -0.2) is 16.1 Å². The smallest absolute Gasteiger partial charge is 0.303 e. The van der Waals surface area contributed by atoms with Crippen molar-refractivity contribution in [1.82, 2.24) is 4.98 Å². The molecule has 1 aromatic heterocycles. The molecule has 92 valence electrons. The minimum Gasteiger partial charge on any atom is -0.481 e. The lowest BCUT2D eigenvalue weighted by Gasteiger charge is -2.15. The largest absolute Gasteiger partial charge is 0.481 e. The highest BCUT2D eigenvalue weighted by atomic mass is 16.4. The van der Waals surface area contributed by atoms with E-state index in [9.17, 15) is 4.79 Å². The van der Waals surface area contributed by atoms with Gasteiger partial charge in [-0.25, -0.2) is 0 Å². The van der Waals surface area contributed by atoms with Gasteiger partial charge in [0.1, 0.15) is 0 Å². The Hall–Kier alpha value is -2.16. The lowest BCUT2D eigenvalue weighted by atomic mass is 9.91. The first-order chi connectivity index (χ1) is 8.77. The first-order valence-corrected chi connectivity index (χ1v) is 5.95. The molecule has 1 aromatic carbocycles. The second-order valence-electron chi connectivity index (χ2n) is 4.15. The van der Waals surface area contributed by atoms with Crippen molar-refractivity contribution in [2.24, 2.45) is 0 Å². The number of nitrogens with zero attached hydrogens (tertiary/aromatic N) is 1. The summed E-state index contributed by atoms with van der Waals surface area (Å²) in [7, 11) is 0. The molecule has 0 aliphatic heterocycles. The van der Waals surface area contributed by atoms with Gasteiger partial charge in [-0.2, -0.15) is 0 Å². The number of aliphatic carboxylic acids is 1. The van der Waals surface area contributed by atoms with Crippen molar-refractivity contribution in [3.8, 4) is 0 Å². The maximum Gasteiger partial charge on any atom is 0.303 e. The van der Waals surface area contributed by atoms with Crippen LogP contribution in [0.5, 0.6) is 0 Å². The number of benzene rings is 1. The van der Waals surface area contributed by atoms with Crippen LogP contribution in [0.2, 0.25) is 0 Å². The molecule has 18 heavy (non-hydrogen) atoms. The Morgan fingerprint density at radius 2 is 1.83 bits per heavy atom. The number of carbonyl (C=O) groups is 1. The van der Waals surface area contributed by atoms with E-state index in [-0.39, 0.29) is 12.3 Å². The summed E-state index contributed by atoms with van der Waals surface area (Å²) in [6.45, 7) is 0. The summed E-state index contributed by atoms with van der Waals surface area (Å²) in [6.07, 6.45) is 2.46. The molecule has 0 amide bonds. The van der Waals surface area contributed by atoms with Crippen molar-refractivity contribution in [2.45, 2.75) is 18.8 Å². The van der Waals surface area contributed by atoms with E-state index in [1.165, 1.54) is 0 Å². The summed E-state index contributed by atoms with van der Waals surface area (Å²) in [5, 5.41) is 8.84. The van der Waals surface area contributed by atoms with Crippen LogP contribution >= 0.6 is 0 Å². The summed E-state index contributed by atoms with van der Waals surface area (Å²) < 4.78 is 0. The number of hydrogen-bond donors (Lipinski definition) is 1. The van der Waals surface area contributed by atoms with Gasteiger partial charge in [-0.1, -0.05) is 36.4 Å². The summed E-state index contributed by atoms with van der Waals surface area (Å²) in [6, 6.07) is 15.7. The Labute approximate surface area is 106 Å². The molecule has 0 saturated carbocycles. The fourth-order valence-corrected chi connectivity index (χ4v) is 2.02. The SMILES string of the molecule is O=C(O)CC[C@H](c1ccccc1)c1ccccn1. The van der Waals surface area contributed by atoms with Gasteiger partial charge in [0, 0.05) is 24.2 Å². The molecule has 0 aliphatic rings. The number of hydrogen-bond acceptors (Lipinski definition) is 2. The van der Waals surface area contributed by atoms with E-state index in [2.05, 4.69) is 4.98 Å². The van der Waals surface area contributed by atoms with Crippen molar-refractivity contribution in [3.05, 3.63) is 66.0 Å². The van der Waals surface area contributed by atoms with E-state index in [4.69, 9.17) is 5.11 Å². The number of carboxylic acids is 1. The van der Waals surface area contributed by atoms with Crippen LogP contribution in [0, 0.1) is 0 Å². The fourth-order valence-electron chi connectivity index (χ4n) is 2.02. The van der Waals surface area contributed by atoms with Gasteiger partial charge in [0.15, 0.2) is 0 Å². The van der Waals surface area contributed by atoms with Gasteiger partial charge in [-0.3, -0.25) is 9.78 Å². The van der Waals surface area contributed by atoms with Crippen molar-refractivity contribution < 1.29 is 9.90 Å². The van der Waals surface area contributed by atoms with Crippen LogP contribution in [0.15, 0.2) is 54.7 Å². The lowest BCUT2D eigenvalue weighted by molar-refractivity contribution is -0.137. The average Bonchev–Trinajstić information content (AvgIpc) is 2.41. The highest BCUT2D eigenvalue weighted by Crippen LogP contribution is 2.27. The maximum atomic E-state index is 10.7. The monoisotopic (exact) mass is 241 g/mol. The van der Waals surface area contributed by atoms with Crippen LogP contribution in [0.25, 0.3) is 0 Å². The standard InChI is InChI=1S/C15H15NO2/c17-15(18)10-9-13(12-6-2-1-3-7-12)14-8-4-5-11-16-14/h1-8,11,13H,9-10H2,(H,17,18)/t13-/m1/s1. The normalized spacial score (nSPS) is 12.0. The van der Waals surface area contributed by atoms with Crippen molar-refractivity contribution >= 4 is 5.97 Å². The summed E-state index contributed by atoms with van der Waals surface area (Å²) >= 11 is 0. The molecule has 3 heteroatoms. The van der Waals surface area contributed by atoms with Gasteiger partial charge in [0.05, 0.1) is 0 Å². The molecule has 2 aromatic rings. The second-order valence-corrected chi connectivity index (χ2v) is 4.15. The molecule has 0 saturated heterocycles. The predicted molar refractivity (Wildman–Crippen MR) is 69.4 cm³/mol. The van der Waals surface area contributed by atoms with Gasteiger partial charge in [0.2, 0.25) is 0 Å². The van der Waals surface area contributed by atoms with Gasteiger partial charge in [0.25, 0.3) is 0 Å². The molecule has 0 bridgehead atoms. The molecular weight excluding hydrogens is 226 g/mol. The highest BCUT2D eigenvalue weighted by molar-refractivity contribution is 5.66. The first-order valence-electron chi connectivity index (χ1n) is 5.95. The van der Waals surface area contributed by atoms with Gasteiger partial charge >= 0.3 is 5.97 Å². The minimum absolute atomic E-state index is 0.0449. The summed E-state index contributed by atoms with van der Waals surface area (Å²) in [5.74, 6) is -0.727. The molecule has 2 rings (SSSR count). The van der Waals surface area contributed by atoms with Crippen LogP contribution in [0.4, 0.5) is 0 Å². The number of pyridine rings is 1. The van der Waals surface area contributed by atoms with Crippen LogP contribution < -0.4 is 0 Å². The zero-order valence-corrected chi connectivity index (χ0v) is 9.99. The molecule has 0 spiro atoms. The number of aromatic nitrogens is 1. The third kappa shape index (κ3) is 3.17. The molecule has 0 unspecified atom stereocenters. The molecule has 0 aliphatic carbocycles. The quantitative estimate of drug-likeness (QED) is 0.875. The van der Waals surface area contributed by atoms with Crippen LogP contribution in [0.1, 0.15) is 30.0 Å². The van der Waals surface area contributed by atoms with E-state index in [1.54, 1.807) is 6.20 Å². The molecule has 1 heterocycles. The zero-order valence-electron chi connectivity index (χ0n) is 9.99. The third-order valence-corrected chi connectivity index (χ3v) is 2.89.